The number of Topliss-reactive ketones (excluding diaryl/α,β-unsaturated/α-hetero) is 1. The molecular formula is C21H22N2O2S. The number of hydrogen-bond acceptors (Lipinski definition) is 3. The van der Waals surface area contributed by atoms with Gasteiger partial charge in [0.25, 0.3) is 5.03 Å². The minimum Gasteiger partial charge on any atom is -0.618 e. The number of ketones is 1. The Kier molecular flexibility index (Phi) is 5.18. The fraction of sp³-hybridized carbons (Fsp3) is 0.238. The number of benzene rings is 1. The Morgan fingerprint density at radius 3 is 2.54 bits per heavy atom. The average molecular weight is 366 g/mol. The zero-order valence-electron chi connectivity index (χ0n) is 15.4. The Balaban J connectivity index is 1.86. The van der Waals surface area contributed by atoms with Crippen LogP contribution in [0.5, 0.6) is 0 Å². The minimum absolute atomic E-state index is 0.0297. The summed E-state index contributed by atoms with van der Waals surface area (Å²) in [5, 5.41) is 12.2. The zero-order valence-corrected chi connectivity index (χ0v) is 16.3. The highest BCUT2D eigenvalue weighted by atomic mass is 32.2. The number of aromatic nitrogens is 2. The van der Waals surface area contributed by atoms with Crippen molar-refractivity contribution in [1.29, 1.82) is 0 Å². The fourth-order valence-corrected chi connectivity index (χ4v) is 3.85. The van der Waals surface area contributed by atoms with Crippen LogP contribution < -0.4 is 4.73 Å². The molecule has 134 valence electrons. The summed E-state index contributed by atoms with van der Waals surface area (Å²) in [6.45, 7) is 8.16. The lowest BCUT2D eigenvalue weighted by Gasteiger charge is -2.12. The molecule has 0 atom stereocenters. The van der Waals surface area contributed by atoms with Crippen LogP contribution in [0.3, 0.4) is 0 Å². The first-order valence-electron chi connectivity index (χ1n) is 8.49. The normalized spacial score (nSPS) is 10.9. The Morgan fingerprint density at radius 1 is 1.08 bits per heavy atom. The van der Waals surface area contributed by atoms with Crippen molar-refractivity contribution in [2.24, 2.45) is 0 Å². The highest BCUT2D eigenvalue weighted by Gasteiger charge is 2.18. The molecule has 0 amide bonds. The van der Waals surface area contributed by atoms with Crippen LogP contribution in [0.2, 0.25) is 0 Å². The van der Waals surface area contributed by atoms with E-state index in [1.54, 1.807) is 18.2 Å². The predicted molar refractivity (Wildman–Crippen MR) is 105 cm³/mol. The smallest absolute Gasteiger partial charge is 0.251 e. The van der Waals surface area contributed by atoms with Crippen LogP contribution in [0, 0.1) is 32.9 Å². The van der Waals surface area contributed by atoms with Gasteiger partial charge in [0.2, 0.25) is 0 Å². The molecular weight excluding hydrogens is 344 g/mol. The molecule has 0 N–H and O–H groups in total. The van der Waals surface area contributed by atoms with E-state index in [1.165, 1.54) is 29.1 Å². The molecule has 0 spiro atoms. The van der Waals surface area contributed by atoms with Gasteiger partial charge in [-0.15, -0.1) is 0 Å². The highest BCUT2D eigenvalue weighted by Crippen LogP contribution is 2.24. The Labute approximate surface area is 158 Å². The molecule has 3 rings (SSSR count). The van der Waals surface area contributed by atoms with Crippen LogP contribution in [-0.2, 0) is 0 Å². The van der Waals surface area contributed by atoms with Gasteiger partial charge in [0.1, 0.15) is 0 Å². The Bertz CT molecular complexity index is 976. The molecule has 0 unspecified atom stereocenters. The molecule has 2 aromatic heterocycles. The van der Waals surface area contributed by atoms with Crippen molar-refractivity contribution < 1.29 is 9.52 Å². The number of rotatable bonds is 5. The molecule has 0 bridgehead atoms. The van der Waals surface area contributed by atoms with Crippen LogP contribution in [0.25, 0.3) is 5.69 Å². The lowest BCUT2D eigenvalue weighted by Crippen LogP contribution is -2.28. The molecule has 0 aliphatic heterocycles. The van der Waals surface area contributed by atoms with Crippen LogP contribution in [0.1, 0.15) is 32.9 Å². The molecule has 0 fully saturated rings. The summed E-state index contributed by atoms with van der Waals surface area (Å²) in [4.78, 5) is 12.7. The molecule has 1 aromatic carbocycles. The number of aryl methyl sites for hydroxylation is 3. The number of hydrogen-bond donors (Lipinski definition) is 0. The topological polar surface area (TPSA) is 48.9 Å². The number of nitrogens with zero attached hydrogens (tertiary/aromatic N) is 2. The first kappa shape index (κ1) is 18.3. The SMILES string of the molecule is Cc1ccc(-n2c(C)cc(C(=O)CSc3cccc[n+]3[O-])c2C)cc1C. The summed E-state index contributed by atoms with van der Waals surface area (Å²) in [7, 11) is 0. The van der Waals surface area contributed by atoms with E-state index in [2.05, 4.69) is 36.6 Å². The van der Waals surface area contributed by atoms with Crippen molar-refractivity contribution in [2.75, 3.05) is 5.75 Å². The summed E-state index contributed by atoms with van der Waals surface area (Å²) in [6, 6.07) is 13.5. The van der Waals surface area contributed by atoms with Gasteiger partial charge in [-0.05, 0) is 74.8 Å². The van der Waals surface area contributed by atoms with Gasteiger partial charge in [0.15, 0.2) is 12.0 Å². The van der Waals surface area contributed by atoms with Gasteiger partial charge < -0.3 is 9.77 Å². The van der Waals surface area contributed by atoms with E-state index < -0.39 is 0 Å². The molecule has 0 aliphatic carbocycles. The molecule has 26 heavy (non-hydrogen) atoms. The van der Waals surface area contributed by atoms with E-state index in [-0.39, 0.29) is 11.5 Å². The Morgan fingerprint density at radius 2 is 1.85 bits per heavy atom. The van der Waals surface area contributed by atoms with Crippen LogP contribution in [0.4, 0.5) is 0 Å². The first-order chi connectivity index (χ1) is 12.4. The number of carbonyl (C=O) groups is 1. The van der Waals surface area contributed by atoms with Crippen LogP contribution >= 0.6 is 11.8 Å². The second-order valence-corrected chi connectivity index (χ2v) is 7.46. The largest absolute Gasteiger partial charge is 0.618 e. The van der Waals surface area contributed by atoms with E-state index in [4.69, 9.17) is 0 Å². The standard InChI is InChI=1S/C21H22N2O2S/c1-14-8-9-18(11-15(14)2)23-16(3)12-19(17(23)4)20(24)13-26-21-7-5-6-10-22(21)25/h5-12H,13H2,1-4H3. The summed E-state index contributed by atoms with van der Waals surface area (Å²) in [5.41, 5.74) is 6.20. The van der Waals surface area contributed by atoms with E-state index in [9.17, 15) is 10.0 Å². The molecule has 0 saturated heterocycles. The van der Waals surface area contributed by atoms with Crippen molar-refractivity contribution in [1.82, 2.24) is 4.57 Å². The fourth-order valence-electron chi connectivity index (χ4n) is 3.05. The third-order valence-corrected chi connectivity index (χ3v) is 5.64. The first-order valence-corrected chi connectivity index (χ1v) is 9.48. The average Bonchev–Trinajstić information content (AvgIpc) is 2.91. The molecule has 0 radical (unpaired) electrons. The number of pyridine rings is 1. The van der Waals surface area contributed by atoms with Gasteiger partial charge in [0, 0.05) is 34.8 Å². The van der Waals surface area contributed by atoms with Crippen molar-refractivity contribution in [3.05, 3.63) is 81.9 Å². The molecule has 0 aliphatic rings. The zero-order chi connectivity index (χ0) is 18.8. The maximum Gasteiger partial charge on any atom is 0.251 e. The molecule has 2 heterocycles. The van der Waals surface area contributed by atoms with Gasteiger partial charge >= 0.3 is 0 Å². The maximum absolute atomic E-state index is 12.7. The summed E-state index contributed by atoms with van der Waals surface area (Å²) < 4.78 is 2.90. The third kappa shape index (κ3) is 3.53. The van der Waals surface area contributed by atoms with Gasteiger partial charge in [0.05, 0.1) is 5.75 Å². The van der Waals surface area contributed by atoms with Crippen molar-refractivity contribution in [3.63, 3.8) is 0 Å². The molecule has 5 heteroatoms. The van der Waals surface area contributed by atoms with Gasteiger partial charge in [-0.1, -0.05) is 6.07 Å². The third-order valence-electron chi connectivity index (χ3n) is 4.62. The van der Waals surface area contributed by atoms with Crippen molar-refractivity contribution in [3.8, 4) is 5.69 Å². The van der Waals surface area contributed by atoms with E-state index in [0.717, 1.165) is 21.8 Å². The van der Waals surface area contributed by atoms with Gasteiger partial charge in [-0.3, -0.25) is 4.79 Å². The highest BCUT2D eigenvalue weighted by molar-refractivity contribution is 7.99. The second kappa shape index (κ2) is 7.38. The minimum atomic E-state index is 0.0297. The second-order valence-electron chi connectivity index (χ2n) is 6.47. The monoisotopic (exact) mass is 366 g/mol. The van der Waals surface area contributed by atoms with Crippen LogP contribution in [0.15, 0.2) is 53.7 Å². The summed E-state index contributed by atoms with van der Waals surface area (Å²) >= 11 is 1.27. The summed E-state index contributed by atoms with van der Waals surface area (Å²) in [5.74, 6) is 0.269. The maximum atomic E-state index is 12.7. The van der Waals surface area contributed by atoms with Crippen LogP contribution in [-0.4, -0.2) is 16.1 Å². The predicted octanol–water partition coefficient (Wildman–Crippen LogP) is 4.32. The summed E-state index contributed by atoms with van der Waals surface area (Å²) in [6.07, 6.45) is 1.44. The van der Waals surface area contributed by atoms with Crippen molar-refractivity contribution in [2.45, 2.75) is 32.7 Å². The number of thioether (sulfide) groups is 1. The molecule has 4 nitrogen and oxygen atoms in total. The lowest BCUT2D eigenvalue weighted by molar-refractivity contribution is -0.645. The molecule has 0 saturated carbocycles. The van der Waals surface area contributed by atoms with E-state index in [1.807, 2.05) is 19.9 Å². The van der Waals surface area contributed by atoms with E-state index in [0.29, 0.717) is 10.6 Å². The lowest BCUT2D eigenvalue weighted by atomic mass is 10.1. The van der Waals surface area contributed by atoms with E-state index >= 15 is 0 Å². The van der Waals surface area contributed by atoms with Gasteiger partial charge in [-0.25, -0.2) is 0 Å². The van der Waals surface area contributed by atoms with Crippen molar-refractivity contribution >= 4 is 17.5 Å². The quantitative estimate of drug-likeness (QED) is 0.292. The number of carbonyl (C=O) groups excluding carboxylic acids is 1. The van der Waals surface area contributed by atoms with Gasteiger partial charge in [-0.2, -0.15) is 4.73 Å². The Hall–Kier alpha value is -2.53. The molecule has 3 aromatic rings.